The average Bonchev–Trinajstić information content (AvgIpc) is 2.48. The van der Waals surface area contributed by atoms with Crippen molar-refractivity contribution in [2.45, 2.75) is 70.2 Å². The third kappa shape index (κ3) is 17.1. The van der Waals surface area contributed by atoms with Gasteiger partial charge in [-0.2, -0.15) is 0 Å². The van der Waals surface area contributed by atoms with Crippen molar-refractivity contribution >= 4 is 32.1 Å². The van der Waals surface area contributed by atoms with Gasteiger partial charge < -0.3 is 24.0 Å². The first-order chi connectivity index (χ1) is 11.9. The van der Waals surface area contributed by atoms with Crippen molar-refractivity contribution < 1.29 is 23.5 Å². The molecule has 26 heavy (non-hydrogen) atoms. The van der Waals surface area contributed by atoms with E-state index >= 15 is 0 Å². The predicted molar refractivity (Wildman–Crippen MR) is 115 cm³/mol. The van der Waals surface area contributed by atoms with Crippen molar-refractivity contribution in [3.05, 3.63) is 12.7 Å². The number of hydrogen-bond acceptors (Lipinski definition) is 5. The van der Waals surface area contributed by atoms with Gasteiger partial charge in [-0.1, -0.05) is 12.6 Å². The number of aliphatic hydroxyl groups is 1. The average molecular weight is 422 g/mol. The van der Waals surface area contributed by atoms with Crippen LogP contribution in [0.1, 0.15) is 6.42 Å². The molecule has 0 saturated heterocycles. The molecule has 0 aromatic carbocycles. The SMILES string of the molecule is C=CC(=O)NCC(O)COCCC[SiH2]CC(O[Si](C)(C)C)O[Si](C)(C)C. The van der Waals surface area contributed by atoms with Gasteiger partial charge in [0.2, 0.25) is 5.91 Å². The summed E-state index contributed by atoms with van der Waals surface area (Å²) in [4.78, 5) is 11.0. The smallest absolute Gasteiger partial charge is 0.243 e. The van der Waals surface area contributed by atoms with Crippen LogP contribution in [0.5, 0.6) is 0 Å². The molecule has 0 saturated carbocycles. The lowest BCUT2D eigenvalue weighted by molar-refractivity contribution is -0.117. The van der Waals surface area contributed by atoms with E-state index in [1.54, 1.807) is 0 Å². The van der Waals surface area contributed by atoms with E-state index in [9.17, 15) is 9.90 Å². The number of amides is 1. The molecule has 1 atom stereocenters. The molecule has 0 aromatic heterocycles. The summed E-state index contributed by atoms with van der Waals surface area (Å²) < 4.78 is 17.9. The van der Waals surface area contributed by atoms with Crippen LogP contribution < -0.4 is 5.32 Å². The maximum atomic E-state index is 11.0. The minimum absolute atomic E-state index is 0.0313. The quantitative estimate of drug-likeness (QED) is 0.183. The first-order valence-corrected chi connectivity index (χ1v) is 18.3. The Morgan fingerprint density at radius 2 is 1.77 bits per heavy atom. The zero-order valence-corrected chi connectivity index (χ0v) is 20.9. The van der Waals surface area contributed by atoms with Crippen molar-refractivity contribution in [2.24, 2.45) is 0 Å². The number of nitrogens with one attached hydrogen (secondary N) is 1. The van der Waals surface area contributed by atoms with Gasteiger partial charge in [0.1, 0.15) is 6.29 Å². The first kappa shape index (κ1) is 25.7. The highest BCUT2D eigenvalue weighted by molar-refractivity contribution is 6.70. The molecular formula is C17H39NO5Si3. The van der Waals surface area contributed by atoms with Crippen LogP contribution in [-0.2, 0) is 18.4 Å². The fourth-order valence-corrected chi connectivity index (χ4v) is 6.08. The maximum absolute atomic E-state index is 11.0. The summed E-state index contributed by atoms with van der Waals surface area (Å²) in [6, 6.07) is 2.22. The highest BCUT2D eigenvalue weighted by Crippen LogP contribution is 2.17. The Balaban J connectivity index is 3.86. The van der Waals surface area contributed by atoms with Gasteiger partial charge in [0.15, 0.2) is 16.6 Å². The Morgan fingerprint density at radius 1 is 1.19 bits per heavy atom. The number of carbonyl (C=O) groups is 1. The van der Waals surface area contributed by atoms with Crippen LogP contribution in [-0.4, -0.2) is 69.3 Å². The van der Waals surface area contributed by atoms with E-state index in [0.29, 0.717) is 6.61 Å². The van der Waals surface area contributed by atoms with Crippen LogP contribution in [0.25, 0.3) is 0 Å². The van der Waals surface area contributed by atoms with E-state index < -0.39 is 22.7 Å². The van der Waals surface area contributed by atoms with Gasteiger partial charge in [-0.3, -0.25) is 4.79 Å². The molecule has 0 radical (unpaired) electrons. The number of rotatable bonds is 15. The normalized spacial score (nSPS) is 14.2. The molecule has 0 aromatic rings. The third-order valence-corrected chi connectivity index (χ3v) is 7.03. The van der Waals surface area contributed by atoms with E-state index in [0.717, 1.165) is 12.5 Å². The number of aliphatic hydroxyl groups excluding tert-OH is 1. The molecule has 0 fully saturated rings. The molecule has 154 valence electrons. The largest absolute Gasteiger partial charge is 0.394 e. The van der Waals surface area contributed by atoms with Gasteiger partial charge in [0.25, 0.3) is 0 Å². The second-order valence-electron chi connectivity index (χ2n) is 8.42. The molecule has 0 heterocycles. The van der Waals surface area contributed by atoms with Crippen LogP contribution in [0.4, 0.5) is 0 Å². The molecular weight excluding hydrogens is 382 g/mol. The summed E-state index contributed by atoms with van der Waals surface area (Å²) in [5.41, 5.74) is 0. The van der Waals surface area contributed by atoms with Crippen LogP contribution in [0.2, 0.25) is 51.4 Å². The number of carbonyl (C=O) groups excluding carboxylic acids is 1. The highest BCUT2D eigenvalue weighted by Gasteiger charge is 2.26. The van der Waals surface area contributed by atoms with Gasteiger partial charge in [-0.05, 0) is 57.8 Å². The van der Waals surface area contributed by atoms with Crippen LogP contribution in [0.3, 0.4) is 0 Å². The Hall–Kier alpha value is -0.299. The second-order valence-corrected chi connectivity index (χ2v) is 19.3. The maximum Gasteiger partial charge on any atom is 0.243 e. The summed E-state index contributed by atoms with van der Waals surface area (Å²) in [7, 11) is -3.46. The highest BCUT2D eigenvalue weighted by atomic mass is 28.4. The topological polar surface area (TPSA) is 77.0 Å². The lowest BCUT2D eigenvalue weighted by Crippen LogP contribution is -2.40. The third-order valence-electron chi connectivity index (χ3n) is 3.21. The van der Waals surface area contributed by atoms with Crippen molar-refractivity contribution in [1.29, 1.82) is 0 Å². The Kier molecular flexibility index (Phi) is 12.8. The Bertz CT molecular complexity index is 394. The van der Waals surface area contributed by atoms with E-state index in [1.807, 2.05) is 0 Å². The molecule has 0 rings (SSSR count). The molecule has 1 unspecified atom stereocenters. The Labute approximate surface area is 163 Å². The fraction of sp³-hybridized carbons (Fsp3) is 0.824. The van der Waals surface area contributed by atoms with Gasteiger partial charge in [0, 0.05) is 22.7 Å². The van der Waals surface area contributed by atoms with Crippen LogP contribution in [0.15, 0.2) is 12.7 Å². The lowest BCUT2D eigenvalue weighted by Gasteiger charge is -2.31. The predicted octanol–water partition coefficient (Wildman–Crippen LogP) is 2.09. The van der Waals surface area contributed by atoms with E-state index in [1.165, 1.54) is 12.1 Å². The van der Waals surface area contributed by atoms with Crippen molar-refractivity contribution in [2.75, 3.05) is 19.8 Å². The molecule has 0 aliphatic carbocycles. The van der Waals surface area contributed by atoms with Crippen LogP contribution in [0, 0.1) is 0 Å². The molecule has 0 aliphatic rings. The molecule has 2 N–H and O–H groups in total. The molecule has 0 spiro atoms. The zero-order valence-electron chi connectivity index (χ0n) is 17.5. The molecule has 0 aliphatic heterocycles. The first-order valence-electron chi connectivity index (χ1n) is 9.44. The summed E-state index contributed by atoms with van der Waals surface area (Å²) in [6.07, 6.45) is 1.46. The zero-order chi connectivity index (χ0) is 20.2. The van der Waals surface area contributed by atoms with Crippen LogP contribution >= 0.6 is 0 Å². The molecule has 6 nitrogen and oxygen atoms in total. The van der Waals surface area contributed by atoms with Crippen molar-refractivity contribution in [3.8, 4) is 0 Å². The van der Waals surface area contributed by atoms with Crippen molar-refractivity contribution in [3.63, 3.8) is 0 Å². The van der Waals surface area contributed by atoms with Gasteiger partial charge in [-0.25, -0.2) is 0 Å². The number of ether oxygens (including phenoxy) is 1. The molecule has 9 heteroatoms. The van der Waals surface area contributed by atoms with E-state index in [-0.39, 0.29) is 34.9 Å². The number of hydrogen-bond donors (Lipinski definition) is 2. The second kappa shape index (κ2) is 13.0. The summed E-state index contributed by atoms with van der Waals surface area (Å²) in [5.74, 6) is -0.286. The van der Waals surface area contributed by atoms with Gasteiger partial charge in [-0.15, -0.1) is 0 Å². The van der Waals surface area contributed by atoms with E-state index in [4.69, 9.17) is 13.6 Å². The fourth-order valence-electron chi connectivity index (χ4n) is 2.19. The van der Waals surface area contributed by atoms with Crippen molar-refractivity contribution in [1.82, 2.24) is 5.32 Å². The monoisotopic (exact) mass is 421 g/mol. The Morgan fingerprint density at radius 3 is 2.27 bits per heavy atom. The lowest BCUT2D eigenvalue weighted by atomic mass is 10.3. The molecule has 1 amide bonds. The summed E-state index contributed by atoms with van der Waals surface area (Å²) in [6.45, 7) is 17.6. The summed E-state index contributed by atoms with van der Waals surface area (Å²) in [5, 5.41) is 12.2. The summed E-state index contributed by atoms with van der Waals surface area (Å²) >= 11 is 0. The van der Waals surface area contributed by atoms with Gasteiger partial charge in [0.05, 0.1) is 12.7 Å². The van der Waals surface area contributed by atoms with E-state index in [2.05, 4.69) is 51.2 Å². The standard InChI is InChI=1S/C17H39NO5Si3/c1-8-16(20)18-12-15(19)13-21-10-9-11-24-14-17(22-25(2,3)4)23-26(5,6)7/h8,15,17,19H,1,9-14,24H2,2-7H3,(H,18,20). The minimum Gasteiger partial charge on any atom is -0.394 e. The minimum atomic E-state index is -1.60. The molecule has 0 bridgehead atoms. The van der Waals surface area contributed by atoms with Gasteiger partial charge >= 0.3 is 0 Å².